The van der Waals surface area contributed by atoms with E-state index in [1.807, 2.05) is 6.20 Å². The van der Waals surface area contributed by atoms with Gasteiger partial charge in [-0.2, -0.15) is 0 Å². The number of guanidine groups is 1. The van der Waals surface area contributed by atoms with Crippen LogP contribution in [0, 0.1) is 11.7 Å². The molecule has 1 aromatic heterocycles. The average molecular weight is 515 g/mol. The number of piperidine rings is 1. The first-order valence-electron chi connectivity index (χ1n) is 10.6. The number of halogens is 2. The van der Waals surface area contributed by atoms with Crippen LogP contribution < -0.4 is 10.6 Å². The minimum Gasteiger partial charge on any atom is -0.361 e. The smallest absolute Gasteiger partial charge is 0.191 e. The quantitative estimate of drug-likeness (QED) is 0.295. The second-order valence-electron chi connectivity index (χ2n) is 8.00. The van der Waals surface area contributed by atoms with Crippen LogP contribution in [0.5, 0.6) is 0 Å². The molecule has 1 atom stereocenters. The zero-order valence-electron chi connectivity index (χ0n) is 17.8. The SMILES string of the molecule is CCNC(=NCC1CCCN(C(C)C)C1)NCCc1c[nH]c2ccc(F)cc12.I. The zero-order chi connectivity index (χ0) is 19.9. The van der Waals surface area contributed by atoms with E-state index in [0.717, 1.165) is 55.0 Å². The molecule has 0 amide bonds. The predicted octanol–water partition coefficient (Wildman–Crippen LogP) is 4.14. The molecule has 2 heterocycles. The van der Waals surface area contributed by atoms with Crippen molar-refractivity contribution in [3.8, 4) is 0 Å². The van der Waals surface area contributed by atoms with Gasteiger partial charge in [-0.15, -0.1) is 24.0 Å². The van der Waals surface area contributed by atoms with Crippen molar-refractivity contribution < 1.29 is 4.39 Å². The fraction of sp³-hybridized carbons (Fsp3) is 0.591. The molecule has 1 fully saturated rings. The molecule has 0 radical (unpaired) electrons. The number of likely N-dealkylation sites (tertiary alicyclic amines) is 1. The van der Waals surface area contributed by atoms with E-state index >= 15 is 0 Å². The molecule has 0 spiro atoms. The number of aromatic nitrogens is 1. The first kappa shape index (κ1) is 23.9. The van der Waals surface area contributed by atoms with Crippen molar-refractivity contribution in [2.75, 3.05) is 32.7 Å². The highest BCUT2D eigenvalue weighted by Crippen LogP contribution is 2.20. The summed E-state index contributed by atoms with van der Waals surface area (Å²) in [6, 6.07) is 5.49. The molecular formula is C22H35FIN5. The fourth-order valence-electron chi connectivity index (χ4n) is 3.95. The normalized spacial score (nSPS) is 18.1. The lowest BCUT2D eigenvalue weighted by Gasteiger charge is -2.34. The van der Waals surface area contributed by atoms with Crippen LogP contribution in [0.2, 0.25) is 0 Å². The summed E-state index contributed by atoms with van der Waals surface area (Å²) in [6.45, 7) is 11.4. The molecule has 1 aromatic carbocycles. The molecule has 0 saturated carbocycles. The van der Waals surface area contributed by atoms with E-state index in [2.05, 4.69) is 41.3 Å². The van der Waals surface area contributed by atoms with Crippen LogP contribution >= 0.6 is 24.0 Å². The molecule has 2 aromatic rings. The number of nitrogens with zero attached hydrogens (tertiary/aromatic N) is 2. The largest absolute Gasteiger partial charge is 0.361 e. The molecule has 7 heteroatoms. The number of aromatic amines is 1. The highest BCUT2D eigenvalue weighted by atomic mass is 127. The van der Waals surface area contributed by atoms with Crippen molar-refractivity contribution in [1.29, 1.82) is 0 Å². The Bertz CT molecular complexity index is 789. The number of benzene rings is 1. The topological polar surface area (TPSA) is 55.5 Å². The van der Waals surface area contributed by atoms with Gasteiger partial charge in [0.15, 0.2) is 5.96 Å². The van der Waals surface area contributed by atoms with E-state index in [4.69, 9.17) is 4.99 Å². The van der Waals surface area contributed by atoms with Gasteiger partial charge in [0, 0.05) is 49.3 Å². The lowest BCUT2D eigenvalue weighted by molar-refractivity contribution is 0.143. The Hall–Kier alpha value is -1.35. The first-order valence-corrected chi connectivity index (χ1v) is 10.6. The second-order valence-corrected chi connectivity index (χ2v) is 8.00. The standard InChI is InChI=1S/C22H34FN5.HI/c1-4-24-22(27-13-17-6-5-11-28(15-17)16(2)3)25-10-9-18-14-26-21-8-7-19(23)12-20(18)21;/h7-8,12,14,16-17,26H,4-6,9-11,13,15H2,1-3H3,(H2,24,25,27);1H. The fourth-order valence-corrected chi connectivity index (χ4v) is 3.95. The van der Waals surface area contributed by atoms with Crippen LogP contribution in [0.15, 0.2) is 29.4 Å². The molecule has 3 N–H and O–H groups in total. The maximum atomic E-state index is 13.5. The van der Waals surface area contributed by atoms with Gasteiger partial charge in [0.25, 0.3) is 0 Å². The highest BCUT2D eigenvalue weighted by molar-refractivity contribution is 14.0. The van der Waals surface area contributed by atoms with E-state index < -0.39 is 0 Å². The maximum Gasteiger partial charge on any atom is 0.191 e. The summed E-state index contributed by atoms with van der Waals surface area (Å²) >= 11 is 0. The Kier molecular flexibility index (Phi) is 9.68. The van der Waals surface area contributed by atoms with Gasteiger partial charge in [-0.1, -0.05) is 0 Å². The molecule has 1 saturated heterocycles. The van der Waals surface area contributed by atoms with Crippen molar-refractivity contribution in [3.63, 3.8) is 0 Å². The van der Waals surface area contributed by atoms with Crippen molar-refractivity contribution in [2.24, 2.45) is 10.9 Å². The summed E-state index contributed by atoms with van der Waals surface area (Å²) in [5, 5.41) is 7.73. The van der Waals surface area contributed by atoms with Crippen molar-refractivity contribution in [3.05, 3.63) is 35.8 Å². The summed E-state index contributed by atoms with van der Waals surface area (Å²) in [5.41, 5.74) is 2.10. The van der Waals surface area contributed by atoms with Crippen molar-refractivity contribution in [1.82, 2.24) is 20.5 Å². The van der Waals surface area contributed by atoms with E-state index in [0.29, 0.717) is 12.0 Å². The molecule has 1 aliphatic heterocycles. The number of fused-ring (bicyclic) bond motifs is 1. The minimum atomic E-state index is -0.195. The summed E-state index contributed by atoms with van der Waals surface area (Å²) in [6.07, 6.45) is 5.31. The lowest BCUT2D eigenvalue weighted by Crippen LogP contribution is -2.42. The Morgan fingerprint density at radius 2 is 2.17 bits per heavy atom. The second kappa shape index (κ2) is 11.7. The predicted molar refractivity (Wildman–Crippen MR) is 131 cm³/mol. The van der Waals surface area contributed by atoms with Gasteiger partial charge >= 0.3 is 0 Å². The van der Waals surface area contributed by atoms with Gasteiger partial charge in [0.2, 0.25) is 0 Å². The maximum absolute atomic E-state index is 13.5. The van der Waals surface area contributed by atoms with Crippen LogP contribution in [0.3, 0.4) is 0 Å². The lowest BCUT2D eigenvalue weighted by atomic mass is 9.97. The van der Waals surface area contributed by atoms with E-state index in [-0.39, 0.29) is 29.8 Å². The van der Waals surface area contributed by atoms with Crippen molar-refractivity contribution in [2.45, 2.75) is 46.1 Å². The summed E-state index contributed by atoms with van der Waals surface area (Å²) in [7, 11) is 0. The van der Waals surface area contributed by atoms with Crippen LogP contribution in [-0.2, 0) is 6.42 Å². The number of hydrogen-bond acceptors (Lipinski definition) is 2. The third kappa shape index (κ3) is 6.84. The molecule has 5 nitrogen and oxygen atoms in total. The molecule has 3 rings (SSSR count). The van der Waals surface area contributed by atoms with E-state index in [1.165, 1.54) is 25.5 Å². The van der Waals surface area contributed by atoms with Gasteiger partial charge in [-0.05, 0) is 76.3 Å². The number of aliphatic imine (C=N–C) groups is 1. The molecule has 0 aliphatic carbocycles. The molecular weight excluding hydrogens is 480 g/mol. The van der Waals surface area contributed by atoms with Crippen LogP contribution in [0.1, 0.15) is 39.2 Å². The Balaban J connectivity index is 0.00000300. The zero-order valence-corrected chi connectivity index (χ0v) is 20.1. The van der Waals surface area contributed by atoms with Gasteiger partial charge in [0.1, 0.15) is 5.82 Å². The number of rotatable bonds is 7. The summed E-state index contributed by atoms with van der Waals surface area (Å²) in [5.74, 6) is 1.30. The highest BCUT2D eigenvalue weighted by Gasteiger charge is 2.21. The third-order valence-electron chi connectivity index (χ3n) is 5.55. The first-order chi connectivity index (χ1) is 13.6. The monoisotopic (exact) mass is 515 g/mol. The minimum absolute atomic E-state index is 0. The Morgan fingerprint density at radius 1 is 1.34 bits per heavy atom. The number of hydrogen-bond donors (Lipinski definition) is 3. The van der Waals surface area contributed by atoms with Crippen LogP contribution in [0.25, 0.3) is 10.9 Å². The van der Waals surface area contributed by atoms with Gasteiger partial charge < -0.3 is 20.5 Å². The van der Waals surface area contributed by atoms with E-state index in [1.54, 1.807) is 12.1 Å². The van der Waals surface area contributed by atoms with Gasteiger partial charge in [-0.3, -0.25) is 4.99 Å². The van der Waals surface area contributed by atoms with Crippen LogP contribution in [0.4, 0.5) is 4.39 Å². The molecule has 162 valence electrons. The summed E-state index contributed by atoms with van der Waals surface area (Å²) < 4.78 is 13.5. The number of nitrogens with one attached hydrogen (secondary N) is 3. The number of H-pyrrole nitrogens is 1. The summed E-state index contributed by atoms with van der Waals surface area (Å²) in [4.78, 5) is 10.6. The third-order valence-corrected chi connectivity index (χ3v) is 5.55. The molecule has 0 bridgehead atoms. The average Bonchev–Trinajstić information content (AvgIpc) is 3.08. The molecule has 1 unspecified atom stereocenters. The molecule has 29 heavy (non-hydrogen) atoms. The van der Waals surface area contributed by atoms with Gasteiger partial charge in [-0.25, -0.2) is 4.39 Å². The Morgan fingerprint density at radius 3 is 2.93 bits per heavy atom. The van der Waals surface area contributed by atoms with Gasteiger partial charge in [0.05, 0.1) is 0 Å². The molecule has 1 aliphatic rings. The Labute approximate surface area is 190 Å². The van der Waals surface area contributed by atoms with E-state index in [9.17, 15) is 4.39 Å². The van der Waals surface area contributed by atoms with Crippen LogP contribution in [-0.4, -0.2) is 54.6 Å². The van der Waals surface area contributed by atoms with Crippen molar-refractivity contribution >= 4 is 40.8 Å².